The van der Waals surface area contributed by atoms with Gasteiger partial charge in [0, 0.05) is 12.6 Å². The lowest BCUT2D eigenvalue weighted by Gasteiger charge is -2.28. The van der Waals surface area contributed by atoms with Crippen LogP contribution in [0.4, 0.5) is 10.5 Å². The molecule has 3 nitrogen and oxygen atoms in total. The minimum absolute atomic E-state index is 0.326. The zero-order valence-electron chi connectivity index (χ0n) is 7.03. The van der Waals surface area contributed by atoms with E-state index in [4.69, 9.17) is 4.74 Å². The molecule has 13 heavy (non-hydrogen) atoms. The molecule has 4 heteroatoms. The Morgan fingerprint density at radius 1 is 1.46 bits per heavy atom. The summed E-state index contributed by atoms with van der Waals surface area (Å²) in [7, 11) is 1.69. The van der Waals surface area contributed by atoms with Gasteiger partial charge in [0.2, 0.25) is 0 Å². The molecule has 0 radical (unpaired) electrons. The Morgan fingerprint density at radius 2 is 2.15 bits per heavy atom. The molecule has 2 rings (SSSR count). The third-order valence-corrected chi connectivity index (χ3v) is 2.70. The first-order valence-electron chi connectivity index (χ1n) is 3.87. The maximum Gasteiger partial charge on any atom is 0.415 e. The highest BCUT2D eigenvalue weighted by molar-refractivity contribution is 9.09. The van der Waals surface area contributed by atoms with Crippen LogP contribution in [0, 0.1) is 0 Å². The average Bonchev–Trinajstić information content (AvgIpc) is 2.15. The number of hydrogen-bond acceptors (Lipinski definition) is 2. The minimum Gasteiger partial charge on any atom is -0.429 e. The number of amides is 1. The van der Waals surface area contributed by atoms with Gasteiger partial charge in [0.15, 0.2) is 5.01 Å². The number of carbonyl (C=O) groups is 1. The van der Waals surface area contributed by atoms with Gasteiger partial charge < -0.3 is 4.74 Å². The quantitative estimate of drug-likeness (QED) is 0.654. The first-order chi connectivity index (χ1) is 6.20. The summed E-state index contributed by atoms with van der Waals surface area (Å²) in [5.74, 6) is 0. The lowest BCUT2D eigenvalue weighted by atomic mass is 10.1. The van der Waals surface area contributed by atoms with Crippen molar-refractivity contribution in [2.75, 3.05) is 11.9 Å². The highest BCUT2D eigenvalue weighted by atomic mass is 79.9. The van der Waals surface area contributed by atoms with Gasteiger partial charge in [-0.3, -0.25) is 4.90 Å². The minimum atomic E-state index is -0.333. The summed E-state index contributed by atoms with van der Waals surface area (Å²) < 4.78 is 5.03. The number of nitrogens with zero attached hydrogens (tertiary/aromatic N) is 1. The maximum absolute atomic E-state index is 11.2. The van der Waals surface area contributed by atoms with Crippen LogP contribution in [0.15, 0.2) is 24.3 Å². The first-order valence-corrected chi connectivity index (χ1v) is 4.79. The molecule has 1 atom stereocenters. The molecule has 68 valence electrons. The van der Waals surface area contributed by atoms with Gasteiger partial charge in [0.05, 0.1) is 5.69 Å². The van der Waals surface area contributed by atoms with E-state index < -0.39 is 0 Å². The predicted octanol–water partition coefficient (Wildman–Crippen LogP) is 2.67. The van der Waals surface area contributed by atoms with Crippen molar-refractivity contribution in [3.63, 3.8) is 0 Å². The second-order valence-corrected chi connectivity index (χ2v) is 3.65. The lowest BCUT2D eigenvalue weighted by Crippen LogP contribution is -2.32. The van der Waals surface area contributed by atoms with Crippen LogP contribution in [0.3, 0.4) is 0 Å². The zero-order chi connectivity index (χ0) is 9.42. The summed E-state index contributed by atoms with van der Waals surface area (Å²) in [6, 6.07) is 7.63. The molecule has 1 heterocycles. The monoisotopic (exact) mass is 241 g/mol. The fourth-order valence-corrected chi connectivity index (χ4v) is 1.86. The number of carbonyl (C=O) groups excluding carboxylic acids is 1. The molecule has 1 aliphatic rings. The van der Waals surface area contributed by atoms with E-state index in [9.17, 15) is 4.79 Å². The van der Waals surface area contributed by atoms with Gasteiger partial charge in [-0.25, -0.2) is 4.79 Å². The van der Waals surface area contributed by atoms with Crippen molar-refractivity contribution in [3.8, 4) is 0 Å². The van der Waals surface area contributed by atoms with Crippen LogP contribution in [-0.2, 0) is 4.74 Å². The number of benzene rings is 1. The van der Waals surface area contributed by atoms with Gasteiger partial charge in [-0.05, 0) is 22.0 Å². The Bertz CT molecular complexity index is 353. The third kappa shape index (κ3) is 1.31. The number of para-hydroxylation sites is 1. The van der Waals surface area contributed by atoms with Crippen molar-refractivity contribution in [2.45, 2.75) is 5.01 Å². The number of alkyl halides is 1. The Hall–Kier alpha value is -1.03. The molecule has 0 saturated carbocycles. The van der Waals surface area contributed by atoms with Crippen molar-refractivity contribution in [1.29, 1.82) is 0 Å². The smallest absolute Gasteiger partial charge is 0.415 e. The van der Waals surface area contributed by atoms with E-state index in [2.05, 4.69) is 15.9 Å². The number of halogens is 1. The van der Waals surface area contributed by atoms with E-state index in [-0.39, 0.29) is 11.1 Å². The van der Waals surface area contributed by atoms with Crippen LogP contribution < -0.4 is 4.90 Å². The molecule has 0 fully saturated rings. The molecule has 1 amide bonds. The Kier molecular flexibility index (Phi) is 2.00. The molecule has 0 saturated heterocycles. The summed E-state index contributed by atoms with van der Waals surface area (Å²) in [6.07, 6.45) is -0.333. The molecule has 1 aliphatic heterocycles. The van der Waals surface area contributed by atoms with Crippen molar-refractivity contribution in [3.05, 3.63) is 29.8 Å². The Morgan fingerprint density at radius 3 is 2.92 bits per heavy atom. The summed E-state index contributed by atoms with van der Waals surface area (Å²) >= 11 is 3.29. The zero-order valence-corrected chi connectivity index (χ0v) is 8.61. The average molecular weight is 242 g/mol. The summed E-state index contributed by atoms with van der Waals surface area (Å²) in [4.78, 5) is 12.7. The first kappa shape index (κ1) is 8.56. The highest BCUT2D eigenvalue weighted by Gasteiger charge is 2.27. The van der Waals surface area contributed by atoms with E-state index >= 15 is 0 Å². The van der Waals surface area contributed by atoms with Gasteiger partial charge in [-0.2, -0.15) is 0 Å². The third-order valence-electron chi connectivity index (χ3n) is 2.02. The molecule has 1 aromatic carbocycles. The van der Waals surface area contributed by atoms with E-state index in [1.54, 1.807) is 7.05 Å². The molecule has 0 aromatic heterocycles. The number of hydrogen-bond donors (Lipinski definition) is 0. The lowest BCUT2D eigenvalue weighted by molar-refractivity contribution is 0.142. The van der Waals surface area contributed by atoms with E-state index in [1.165, 1.54) is 4.90 Å². The summed E-state index contributed by atoms with van der Waals surface area (Å²) in [5, 5.41) is -0.326. The topological polar surface area (TPSA) is 29.5 Å². The SMILES string of the molecule is CN1C(=O)OC(Br)c2ccccc21. The number of ether oxygens (including phenoxy) is 1. The van der Waals surface area contributed by atoms with Gasteiger partial charge in [0.25, 0.3) is 0 Å². The van der Waals surface area contributed by atoms with Crippen molar-refractivity contribution >= 4 is 27.7 Å². The molecular formula is C9H8BrNO2. The molecule has 1 aromatic rings. The number of rotatable bonds is 0. The fraction of sp³-hybridized carbons (Fsp3) is 0.222. The van der Waals surface area contributed by atoms with E-state index in [1.807, 2.05) is 24.3 Å². The highest BCUT2D eigenvalue weighted by Crippen LogP contribution is 2.36. The van der Waals surface area contributed by atoms with Crippen molar-refractivity contribution in [2.24, 2.45) is 0 Å². The fourth-order valence-electron chi connectivity index (χ4n) is 1.31. The van der Waals surface area contributed by atoms with Crippen LogP contribution in [-0.4, -0.2) is 13.1 Å². The normalized spacial score (nSPS) is 20.9. The van der Waals surface area contributed by atoms with Crippen molar-refractivity contribution < 1.29 is 9.53 Å². The molecule has 0 N–H and O–H groups in total. The molecule has 1 unspecified atom stereocenters. The van der Waals surface area contributed by atoms with Crippen LogP contribution in [0.5, 0.6) is 0 Å². The van der Waals surface area contributed by atoms with Crippen LogP contribution in [0.1, 0.15) is 10.6 Å². The van der Waals surface area contributed by atoms with E-state index in [0.717, 1.165) is 11.3 Å². The van der Waals surface area contributed by atoms with Gasteiger partial charge in [-0.15, -0.1) is 0 Å². The number of anilines is 1. The number of cyclic esters (lactones) is 1. The van der Waals surface area contributed by atoms with Crippen molar-refractivity contribution in [1.82, 2.24) is 0 Å². The Balaban J connectivity index is 2.53. The van der Waals surface area contributed by atoms with Crippen LogP contribution in [0.25, 0.3) is 0 Å². The van der Waals surface area contributed by atoms with Crippen LogP contribution >= 0.6 is 15.9 Å². The molecule has 0 spiro atoms. The van der Waals surface area contributed by atoms with Gasteiger partial charge in [-0.1, -0.05) is 18.2 Å². The summed E-state index contributed by atoms with van der Waals surface area (Å²) in [6.45, 7) is 0. The van der Waals surface area contributed by atoms with Gasteiger partial charge in [0.1, 0.15) is 0 Å². The largest absolute Gasteiger partial charge is 0.429 e. The van der Waals surface area contributed by atoms with Gasteiger partial charge >= 0.3 is 6.09 Å². The molecule has 0 aliphatic carbocycles. The standard InChI is InChI=1S/C9H8BrNO2/c1-11-7-5-3-2-4-6(7)8(10)13-9(11)12/h2-5,8H,1H3. The molecule has 0 bridgehead atoms. The molecular weight excluding hydrogens is 234 g/mol. The van der Waals surface area contributed by atoms with E-state index in [0.29, 0.717) is 0 Å². The second kappa shape index (κ2) is 3.03. The number of fused-ring (bicyclic) bond motifs is 1. The maximum atomic E-state index is 11.2. The Labute approximate surface area is 84.4 Å². The van der Waals surface area contributed by atoms with Crippen LogP contribution in [0.2, 0.25) is 0 Å². The predicted molar refractivity (Wildman–Crippen MR) is 53.0 cm³/mol. The second-order valence-electron chi connectivity index (χ2n) is 2.82. The summed E-state index contributed by atoms with van der Waals surface area (Å²) in [5.41, 5.74) is 1.87.